The van der Waals surface area contributed by atoms with Gasteiger partial charge in [0.1, 0.15) is 17.3 Å². The summed E-state index contributed by atoms with van der Waals surface area (Å²) in [6.45, 7) is 1.52. The van der Waals surface area contributed by atoms with Crippen molar-refractivity contribution < 1.29 is 23.9 Å². The molecule has 9 nitrogen and oxygen atoms in total. The molecular weight excluding hydrogens is 414 g/mol. The van der Waals surface area contributed by atoms with E-state index in [0.717, 1.165) is 11.8 Å². The number of hydrogen-bond acceptors (Lipinski definition) is 7. The number of halogens is 1. The van der Waals surface area contributed by atoms with Crippen molar-refractivity contribution in [1.29, 1.82) is 0 Å². The van der Waals surface area contributed by atoms with E-state index in [0.29, 0.717) is 11.3 Å². The van der Waals surface area contributed by atoms with Gasteiger partial charge >= 0.3 is 5.97 Å². The van der Waals surface area contributed by atoms with Gasteiger partial charge in [0, 0.05) is 11.6 Å². The summed E-state index contributed by atoms with van der Waals surface area (Å²) in [6, 6.07) is 11.5. The van der Waals surface area contributed by atoms with Gasteiger partial charge in [-0.1, -0.05) is 29.8 Å². The number of ether oxygens (including phenoxy) is 3. The van der Waals surface area contributed by atoms with Gasteiger partial charge in [0.05, 0.1) is 36.6 Å². The molecule has 3 aromatic rings. The van der Waals surface area contributed by atoms with Crippen molar-refractivity contribution >= 4 is 23.3 Å². The molecule has 0 N–H and O–H groups in total. The highest BCUT2D eigenvalue weighted by Gasteiger charge is 2.26. The molecule has 1 aromatic heterocycles. The zero-order valence-corrected chi connectivity index (χ0v) is 17.2. The summed E-state index contributed by atoms with van der Waals surface area (Å²) in [7, 11) is 2.70. The molecule has 0 radical (unpaired) electrons. The van der Waals surface area contributed by atoms with Gasteiger partial charge in [-0.15, -0.1) is 0 Å². The van der Waals surface area contributed by atoms with Crippen LogP contribution in [0.15, 0.2) is 42.5 Å². The first-order chi connectivity index (χ1) is 14.4. The molecule has 0 unspecified atom stereocenters. The van der Waals surface area contributed by atoms with Crippen LogP contribution in [0.25, 0.3) is 5.69 Å². The number of hydrogen-bond donors (Lipinski definition) is 0. The minimum atomic E-state index is -0.898. The number of esters is 1. The maximum absolute atomic E-state index is 12.6. The van der Waals surface area contributed by atoms with Gasteiger partial charge in [-0.25, -0.2) is 9.48 Å². The Kier molecular flexibility index (Phi) is 6.22. The van der Waals surface area contributed by atoms with Crippen LogP contribution in [0.3, 0.4) is 0 Å². The van der Waals surface area contributed by atoms with Crippen molar-refractivity contribution in [3.8, 4) is 17.2 Å². The smallest absolute Gasteiger partial charge is 0.345 e. The lowest BCUT2D eigenvalue weighted by Crippen LogP contribution is -2.10. The van der Waals surface area contributed by atoms with Crippen molar-refractivity contribution in [2.24, 2.45) is 0 Å². The number of benzene rings is 2. The molecule has 2 aromatic carbocycles. The van der Waals surface area contributed by atoms with Crippen molar-refractivity contribution in [2.75, 3.05) is 14.2 Å². The largest absolute Gasteiger partial charge is 0.493 e. The first kappa shape index (κ1) is 21.1. The number of aromatic nitrogens is 2. The molecule has 156 valence electrons. The molecule has 0 spiro atoms. The Morgan fingerprint density at radius 3 is 2.40 bits per heavy atom. The van der Waals surface area contributed by atoms with Gasteiger partial charge in [-0.2, -0.15) is 5.10 Å². The first-order valence-corrected chi connectivity index (χ1v) is 9.12. The molecule has 30 heavy (non-hydrogen) atoms. The number of rotatable bonds is 7. The average Bonchev–Trinajstić information content (AvgIpc) is 3.04. The van der Waals surface area contributed by atoms with Crippen molar-refractivity contribution in [1.82, 2.24) is 9.78 Å². The lowest BCUT2D eigenvalue weighted by atomic mass is 10.1. The van der Waals surface area contributed by atoms with Gasteiger partial charge in [-0.3, -0.25) is 10.1 Å². The molecule has 3 rings (SSSR count). The first-order valence-electron chi connectivity index (χ1n) is 8.74. The predicted molar refractivity (Wildman–Crippen MR) is 109 cm³/mol. The Hall–Kier alpha value is -3.59. The van der Waals surface area contributed by atoms with E-state index in [1.165, 1.54) is 25.0 Å². The Morgan fingerprint density at radius 2 is 1.80 bits per heavy atom. The van der Waals surface area contributed by atoms with E-state index in [4.69, 9.17) is 25.8 Å². The van der Waals surface area contributed by atoms with E-state index in [-0.39, 0.29) is 28.8 Å². The van der Waals surface area contributed by atoms with E-state index in [2.05, 4.69) is 5.10 Å². The quantitative estimate of drug-likeness (QED) is 0.314. The van der Waals surface area contributed by atoms with E-state index >= 15 is 0 Å². The van der Waals surface area contributed by atoms with Gasteiger partial charge < -0.3 is 14.2 Å². The number of carbonyl (C=O) groups is 1. The maximum atomic E-state index is 12.6. The summed E-state index contributed by atoms with van der Waals surface area (Å²) in [5.41, 5.74) is 1.09. The number of nitro groups is 1. The summed E-state index contributed by atoms with van der Waals surface area (Å²) < 4.78 is 17.0. The molecule has 10 heteroatoms. The predicted octanol–water partition coefficient (Wildman–Crippen LogP) is 4.12. The molecule has 0 atom stereocenters. The number of para-hydroxylation sites is 1. The molecule has 1 heterocycles. The Balaban J connectivity index is 1.88. The second-order valence-corrected chi connectivity index (χ2v) is 6.52. The highest BCUT2D eigenvalue weighted by Crippen LogP contribution is 2.35. The summed E-state index contributed by atoms with van der Waals surface area (Å²) in [4.78, 5) is 23.3. The number of nitro benzene ring substituents is 1. The van der Waals surface area contributed by atoms with E-state index in [1.807, 2.05) is 30.3 Å². The third kappa shape index (κ3) is 4.06. The van der Waals surface area contributed by atoms with Gasteiger partial charge in [-0.05, 0) is 19.1 Å². The number of carbonyl (C=O) groups excluding carboxylic acids is 1. The second kappa shape index (κ2) is 8.83. The SMILES string of the molecule is COc1cc(C(=O)OCc2c(C)nn(-c3ccccc3)c2Cl)c([N+](=O)[O-])cc1OC. The van der Waals surface area contributed by atoms with Crippen LogP contribution < -0.4 is 9.47 Å². The third-order valence-electron chi connectivity index (χ3n) is 4.39. The molecular formula is C20H18ClN3O6. The summed E-state index contributed by atoms with van der Waals surface area (Å²) in [5.74, 6) is -0.601. The number of methoxy groups -OCH3 is 2. The minimum Gasteiger partial charge on any atom is -0.493 e. The lowest BCUT2D eigenvalue weighted by Gasteiger charge is -2.10. The van der Waals surface area contributed by atoms with Gasteiger partial charge in [0.25, 0.3) is 5.69 Å². The lowest BCUT2D eigenvalue weighted by molar-refractivity contribution is -0.385. The fraction of sp³-hybridized carbons (Fsp3) is 0.200. The Labute approximate surface area is 176 Å². The van der Waals surface area contributed by atoms with Crippen LogP contribution in [0.2, 0.25) is 5.15 Å². The van der Waals surface area contributed by atoms with Crippen LogP contribution in [0, 0.1) is 17.0 Å². The molecule has 0 aliphatic rings. The number of aryl methyl sites for hydroxylation is 1. The Bertz CT molecular complexity index is 1100. The minimum absolute atomic E-state index is 0.128. The van der Waals surface area contributed by atoms with Crippen molar-refractivity contribution in [3.63, 3.8) is 0 Å². The highest BCUT2D eigenvalue weighted by molar-refractivity contribution is 6.30. The molecule has 0 saturated carbocycles. The monoisotopic (exact) mass is 431 g/mol. The second-order valence-electron chi connectivity index (χ2n) is 6.16. The topological polar surface area (TPSA) is 106 Å². The van der Waals surface area contributed by atoms with E-state index in [1.54, 1.807) is 6.92 Å². The summed E-state index contributed by atoms with van der Waals surface area (Å²) >= 11 is 6.43. The van der Waals surface area contributed by atoms with Crippen LogP contribution in [-0.4, -0.2) is 34.9 Å². The molecule has 0 fully saturated rings. The molecule has 0 aliphatic heterocycles. The molecule has 0 bridgehead atoms. The number of nitrogens with zero attached hydrogens (tertiary/aromatic N) is 3. The maximum Gasteiger partial charge on any atom is 0.345 e. The normalized spacial score (nSPS) is 10.5. The van der Waals surface area contributed by atoms with Gasteiger partial charge in [0.2, 0.25) is 0 Å². The van der Waals surface area contributed by atoms with Crippen LogP contribution in [0.5, 0.6) is 11.5 Å². The molecule has 0 saturated heterocycles. The van der Waals surface area contributed by atoms with E-state index < -0.39 is 16.6 Å². The average molecular weight is 432 g/mol. The van der Waals surface area contributed by atoms with Crippen LogP contribution in [-0.2, 0) is 11.3 Å². The highest BCUT2D eigenvalue weighted by atomic mass is 35.5. The van der Waals surface area contributed by atoms with Crippen LogP contribution in [0.4, 0.5) is 5.69 Å². The Morgan fingerprint density at radius 1 is 1.17 bits per heavy atom. The third-order valence-corrected chi connectivity index (χ3v) is 4.78. The zero-order valence-electron chi connectivity index (χ0n) is 16.4. The fourth-order valence-corrected chi connectivity index (χ4v) is 3.16. The van der Waals surface area contributed by atoms with Crippen molar-refractivity contribution in [3.05, 3.63) is 74.6 Å². The molecule has 0 amide bonds. The summed E-state index contributed by atoms with van der Waals surface area (Å²) in [6.07, 6.45) is 0. The standard InChI is InChI=1S/C20H18ClN3O6/c1-12-15(19(21)23(22-12)13-7-5-4-6-8-13)11-30-20(25)14-9-17(28-2)18(29-3)10-16(14)24(26)27/h4-10H,11H2,1-3H3. The van der Waals surface area contributed by atoms with Crippen LogP contribution >= 0.6 is 11.6 Å². The van der Waals surface area contributed by atoms with Crippen LogP contribution in [0.1, 0.15) is 21.6 Å². The summed E-state index contributed by atoms with van der Waals surface area (Å²) in [5, 5.41) is 16.1. The fourth-order valence-electron chi connectivity index (χ4n) is 2.83. The van der Waals surface area contributed by atoms with Gasteiger partial charge in [0.15, 0.2) is 11.5 Å². The molecule has 0 aliphatic carbocycles. The zero-order chi connectivity index (χ0) is 21.8. The van der Waals surface area contributed by atoms with E-state index in [9.17, 15) is 14.9 Å². The van der Waals surface area contributed by atoms with Crippen molar-refractivity contribution in [2.45, 2.75) is 13.5 Å².